The van der Waals surface area contributed by atoms with Crippen LogP contribution in [0.25, 0.3) is 0 Å². The fourth-order valence-corrected chi connectivity index (χ4v) is 2.19. The molecule has 1 aliphatic rings. The van der Waals surface area contributed by atoms with Crippen molar-refractivity contribution in [1.29, 1.82) is 0 Å². The van der Waals surface area contributed by atoms with Gasteiger partial charge in [0.1, 0.15) is 0 Å². The molecule has 1 atom stereocenters. The Hall–Kier alpha value is -1.36. The van der Waals surface area contributed by atoms with Gasteiger partial charge in [-0.25, -0.2) is 4.98 Å². The van der Waals surface area contributed by atoms with Gasteiger partial charge >= 0.3 is 0 Å². The van der Waals surface area contributed by atoms with Gasteiger partial charge in [-0.05, 0) is 46.2 Å². The van der Waals surface area contributed by atoms with Gasteiger partial charge in [-0.2, -0.15) is 0 Å². The maximum Gasteiger partial charge on any atom is 0.293 e. The molecule has 0 spiro atoms. The van der Waals surface area contributed by atoms with Crippen molar-refractivity contribution in [2.45, 2.75) is 32.7 Å². The molecule has 0 aromatic carbocycles. The second-order valence-electron chi connectivity index (χ2n) is 5.86. The molecular formula is C13H22N4O. The number of aromatic nitrogens is 2. The quantitative estimate of drug-likeness (QED) is 0.841. The standard InChI is InChI=1S/C13H22N4O/c1-13(2,3)17-7-6-15-11(12(17)18)16-9-10-4-5-14-8-10/h6-7,10,14H,4-5,8-9H2,1-3H3,(H,15,16). The van der Waals surface area contributed by atoms with Gasteiger partial charge < -0.3 is 15.2 Å². The largest absolute Gasteiger partial charge is 0.365 e. The van der Waals surface area contributed by atoms with Crippen LogP contribution in [0.1, 0.15) is 27.2 Å². The van der Waals surface area contributed by atoms with Crippen molar-refractivity contribution in [1.82, 2.24) is 14.9 Å². The molecule has 100 valence electrons. The van der Waals surface area contributed by atoms with Gasteiger partial charge in [0.15, 0.2) is 5.82 Å². The molecule has 1 fully saturated rings. The smallest absolute Gasteiger partial charge is 0.293 e. The molecule has 5 nitrogen and oxygen atoms in total. The molecule has 5 heteroatoms. The van der Waals surface area contributed by atoms with Gasteiger partial charge in [-0.1, -0.05) is 0 Å². The highest BCUT2D eigenvalue weighted by molar-refractivity contribution is 5.31. The molecule has 1 saturated heterocycles. The Morgan fingerprint density at radius 3 is 2.94 bits per heavy atom. The number of nitrogens with zero attached hydrogens (tertiary/aromatic N) is 2. The first-order valence-corrected chi connectivity index (χ1v) is 6.51. The Labute approximate surface area is 108 Å². The molecule has 1 aromatic heterocycles. The molecule has 0 radical (unpaired) electrons. The van der Waals surface area contributed by atoms with E-state index in [1.165, 1.54) is 0 Å². The minimum atomic E-state index is -0.217. The number of anilines is 1. The minimum Gasteiger partial charge on any atom is -0.365 e. The Morgan fingerprint density at radius 1 is 1.56 bits per heavy atom. The van der Waals surface area contributed by atoms with Crippen molar-refractivity contribution in [3.8, 4) is 0 Å². The predicted octanol–water partition coefficient (Wildman–Crippen LogP) is 1.02. The highest BCUT2D eigenvalue weighted by Crippen LogP contribution is 2.11. The number of hydrogen-bond donors (Lipinski definition) is 2. The molecular weight excluding hydrogens is 228 g/mol. The first-order chi connectivity index (χ1) is 8.48. The van der Waals surface area contributed by atoms with E-state index in [2.05, 4.69) is 15.6 Å². The summed E-state index contributed by atoms with van der Waals surface area (Å²) in [5.74, 6) is 1.05. The molecule has 1 aromatic rings. The Morgan fingerprint density at radius 2 is 2.33 bits per heavy atom. The van der Waals surface area contributed by atoms with Crippen LogP contribution < -0.4 is 16.2 Å². The molecule has 0 aliphatic carbocycles. The van der Waals surface area contributed by atoms with Crippen LogP contribution in [0.5, 0.6) is 0 Å². The summed E-state index contributed by atoms with van der Waals surface area (Å²) in [5.41, 5.74) is -0.262. The molecule has 2 N–H and O–H groups in total. The number of rotatable bonds is 3. The summed E-state index contributed by atoms with van der Waals surface area (Å²) < 4.78 is 1.72. The third kappa shape index (κ3) is 2.90. The highest BCUT2D eigenvalue weighted by atomic mass is 16.1. The fourth-order valence-electron chi connectivity index (χ4n) is 2.19. The molecule has 1 aliphatic heterocycles. The van der Waals surface area contributed by atoms with Crippen LogP contribution in [-0.4, -0.2) is 29.2 Å². The third-order valence-electron chi connectivity index (χ3n) is 3.28. The first-order valence-electron chi connectivity index (χ1n) is 6.51. The lowest BCUT2D eigenvalue weighted by molar-refractivity contribution is 0.383. The maximum absolute atomic E-state index is 12.2. The van der Waals surface area contributed by atoms with Crippen LogP contribution >= 0.6 is 0 Å². The molecule has 18 heavy (non-hydrogen) atoms. The summed E-state index contributed by atoms with van der Waals surface area (Å²) in [5, 5.41) is 6.50. The van der Waals surface area contributed by atoms with E-state index in [-0.39, 0.29) is 11.1 Å². The van der Waals surface area contributed by atoms with Crippen LogP contribution in [-0.2, 0) is 5.54 Å². The van der Waals surface area contributed by atoms with E-state index in [0.29, 0.717) is 11.7 Å². The SMILES string of the molecule is CC(C)(C)n1ccnc(NCC2CCNC2)c1=O. The van der Waals surface area contributed by atoms with Crippen molar-refractivity contribution in [3.05, 3.63) is 22.7 Å². The van der Waals surface area contributed by atoms with Crippen molar-refractivity contribution < 1.29 is 0 Å². The highest BCUT2D eigenvalue weighted by Gasteiger charge is 2.18. The molecule has 0 amide bonds. The average molecular weight is 250 g/mol. The zero-order chi connectivity index (χ0) is 13.2. The lowest BCUT2D eigenvalue weighted by atomic mass is 10.1. The van der Waals surface area contributed by atoms with E-state index in [9.17, 15) is 4.79 Å². The second-order valence-corrected chi connectivity index (χ2v) is 5.86. The summed E-state index contributed by atoms with van der Waals surface area (Å²) in [7, 11) is 0. The molecule has 0 bridgehead atoms. The topological polar surface area (TPSA) is 59.0 Å². The lowest BCUT2D eigenvalue weighted by Crippen LogP contribution is -2.35. The number of nitrogens with one attached hydrogen (secondary N) is 2. The van der Waals surface area contributed by atoms with Crippen LogP contribution in [0.15, 0.2) is 17.2 Å². The summed E-state index contributed by atoms with van der Waals surface area (Å²) in [6, 6.07) is 0. The summed E-state index contributed by atoms with van der Waals surface area (Å²) >= 11 is 0. The summed E-state index contributed by atoms with van der Waals surface area (Å²) in [6.45, 7) is 8.94. The van der Waals surface area contributed by atoms with Crippen molar-refractivity contribution in [2.24, 2.45) is 5.92 Å². The zero-order valence-electron chi connectivity index (χ0n) is 11.4. The van der Waals surface area contributed by atoms with Gasteiger partial charge in [0.05, 0.1) is 0 Å². The molecule has 0 saturated carbocycles. The monoisotopic (exact) mass is 250 g/mol. The average Bonchev–Trinajstić information content (AvgIpc) is 2.79. The van der Waals surface area contributed by atoms with Crippen molar-refractivity contribution >= 4 is 5.82 Å². The lowest BCUT2D eigenvalue weighted by Gasteiger charge is -2.22. The van der Waals surface area contributed by atoms with Crippen LogP contribution in [0.4, 0.5) is 5.82 Å². The maximum atomic E-state index is 12.2. The van der Waals surface area contributed by atoms with Crippen LogP contribution in [0.3, 0.4) is 0 Å². The molecule has 2 rings (SSSR count). The number of hydrogen-bond acceptors (Lipinski definition) is 4. The van der Waals surface area contributed by atoms with E-state index in [4.69, 9.17) is 0 Å². The summed E-state index contributed by atoms with van der Waals surface area (Å²) in [4.78, 5) is 16.4. The van der Waals surface area contributed by atoms with Crippen molar-refractivity contribution in [3.63, 3.8) is 0 Å². The van der Waals surface area contributed by atoms with Gasteiger partial charge in [0.2, 0.25) is 0 Å². The predicted molar refractivity (Wildman–Crippen MR) is 73.0 cm³/mol. The van der Waals surface area contributed by atoms with Crippen molar-refractivity contribution in [2.75, 3.05) is 25.0 Å². The van der Waals surface area contributed by atoms with Gasteiger partial charge in [0, 0.05) is 24.5 Å². The van der Waals surface area contributed by atoms with Gasteiger partial charge in [-0.15, -0.1) is 0 Å². The second kappa shape index (κ2) is 5.10. The Bertz CT molecular complexity index is 455. The normalized spacial score (nSPS) is 20.1. The molecule has 1 unspecified atom stereocenters. The van der Waals surface area contributed by atoms with Crippen LogP contribution in [0, 0.1) is 5.92 Å². The minimum absolute atomic E-state index is 0.0454. The Balaban J connectivity index is 2.11. The van der Waals surface area contributed by atoms with E-state index in [0.717, 1.165) is 26.1 Å². The van der Waals surface area contributed by atoms with E-state index in [1.807, 2.05) is 20.8 Å². The third-order valence-corrected chi connectivity index (χ3v) is 3.28. The fraction of sp³-hybridized carbons (Fsp3) is 0.692. The van der Waals surface area contributed by atoms with Gasteiger partial charge in [0.25, 0.3) is 5.56 Å². The van der Waals surface area contributed by atoms with E-state index < -0.39 is 0 Å². The molecule has 2 heterocycles. The Kier molecular flexibility index (Phi) is 3.71. The van der Waals surface area contributed by atoms with E-state index in [1.54, 1.807) is 17.0 Å². The van der Waals surface area contributed by atoms with Crippen LogP contribution in [0.2, 0.25) is 0 Å². The van der Waals surface area contributed by atoms with E-state index >= 15 is 0 Å². The van der Waals surface area contributed by atoms with Gasteiger partial charge in [-0.3, -0.25) is 4.79 Å². The zero-order valence-corrected chi connectivity index (χ0v) is 11.4. The first kappa shape index (κ1) is 13.1. The summed E-state index contributed by atoms with van der Waals surface area (Å²) in [6.07, 6.45) is 4.58.